The van der Waals surface area contributed by atoms with Crippen LogP contribution >= 0.6 is 0 Å². The van der Waals surface area contributed by atoms with Gasteiger partial charge in [-0.2, -0.15) is 0 Å². The fourth-order valence-electron chi connectivity index (χ4n) is 7.51. The summed E-state index contributed by atoms with van der Waals surface area (Å²) in [7, 11) is 0. The number of aromatic amines is 1. The zero-order valence-corrected chi connectivity index (χ0v) is 29.4. The van der Waals surface area contributed by atoms with Crippen molar-refractivity contribution in [3.05, 3.63) is 106 Å². The van der Waals surface area contributed by atoms with Gasteiger partial charge in [-0.05, 0) is 86.4 Å². The molecule has 280 valence electrons. The van der Waals surface area contributed by atoms with E-state index >= 15 is 0 Å². The van der Waals surface area contributed by atoms with Gasteiger partial charge in [0.1, 0.15) is 11.5 Å². The normalized spacial score (nSPS) is 19.6. The number of aromatic hydroxyl groups is 1. The number of carbonyl (C=O) groups excluding carboxylic acids is 2. The Morgan fingerprint density at radius 1 is 0.906 bits per heavy atom. The minimum Gasteiger partial charge on any atom is -0.506 e. The largest absolute Gasteiger partial charge is 0.506 e. The zero-order valence-electron chi connectivity index (χ0n) is 29.4. The number of fused-ring (bicyclic) bond motifs is 1. The minimum absolute atomic E-state index is 0.0508. The number of hydrogen-bond acceptors (Lipinski definition) is 9. The Balaban J connectivity index is 0.899. The maximum atomic E-state index is 13.4. The summed E-state index contributed by atoms with van der Waals surface area (Å²) in [6.45, 7) is 2.08. The number of piperidine rings is 1. The Labute approximate surface area is 306 Å². The van der Waals surface area contributed by atoms with Crippen LogP contribution < -0.4 is 20.9 Å². The van der Waals surface area contributed by atoms with E-state index in [2.05, 4.69) is 15.6 Å². The van der Waals surface area contributed by atoms with Crippen LogP contribution in [0.1, 0.15) is 61.3 Å². The smallest absolute Gasteiger partial charge is 0.345 e. The van der Waals surface area contributed by atoms with Gasteiger partial charge in [-0.15, -0.1) is 0 Å². The maximum Gasteiger partial charge on any atom is 0.345 e. The van der Waals surface area contributed by atoms with Crippen molar-refractivity contribution >= 4 is 28.7 Å². The highest BCUT2D eigenvalue weighted by atomic mass is 16.5. The Morgan fingerprint density at radius 2 is 1.62 bits per heavy atom. The summed E-state index contributed by atoms with van der Waals surface area (Å²) in [5.41, 5.74) is -1.39. The number of benzene rings is 3. The molecule has 3 aromatic carbocycles. The van der Waals surface area contributed by atoms with Crippen molar-refractivity contribution in [1.82, 2.24) is 20.5 Å². The molecule has 4 aromatic rings. The number of carboxylic acid groups (broad SMARTS) is 1. The molecule has 0 unspecified atom stereocenters. The highest BCUT2D eigenvalue weighted by Gasteiger charge is 2.40. The lowest BCUT2D eigenvalue weighted by Gasteiger charge is -2.36. The predicted octanol–water partition coefficient (Wildman–Crippen LogP) is 3.17. The van der Waals surface area contributed by atoms with Crippen LogP contribution in [-0.2, 0) is 20.0 Å². The number of likely N-dealkylation sites (tertiary alicyclic amines) is 1. The first-order valence-electron chi connectivity index (χ1n) is 18.1. The summed E-state index contributed by atoms with van der Waals surface area (Å²) in [6.07, 6.45) is 3.59. The third-order valence-electron chi connectivity index (χ3n) is 10.5. The molecule has 1 saturated heterocycles. The van der Waals surface area contributed by atoms with Crippen LogP contribution in [0.4, 0.5) is 0 Å². The maximum absolute atomic E-state index is 13.4. The van der Waals surface area contributed by atoms with E-state index in [0.717, 1.165) is 12.8 Å². The molecule has 7 N–H and O–H groups in total. The number of carbonyl (C=O) groups is 3. The van der Waals surface area contributed by atoms with Gasteiger partial charge in [-0.25, -0.2) is 4.79 Å². The van der Waals surface area contributed by atoms with Crippen molar-refractivity contribution in [3.8, 4) is 11.5 Å². The number of carboxylic acids is 1. The van der Waals surface area contributed by atoms with Crippen LogP contribution in [-0.4, -0.2) is 86.9 Å². The van der Waals surface area contributed by atoms with Crippen molar-refractivity contribution in [3.63, 3.8) is 0 Å². The van der Waals surface area contributed by atoms with E-state index in [1.165, 1.54) is 36.4 Å². The molecule has 13 heteroatoms. The van der Waals surface area contributed by atoms with Crippen molar-refractivity contribution in [2.75, 3.05) is 32.8 Å². The molecule has 0 bridgehead atoms. The topological polar surface area (TPSA) is 202 Å². The average molecular weight is 727 g/mol. The summed E-state index contributed by atoms with van der Waals surface area (Å²) in [5.74, 6) is -1.11. The Morgan fingerprint density at radius 3 is 2.34 bits per heavy atom. The Bertz CT molecular complexity index is 1970. The number of aromatic nitrogens is 1. The van der Waals surface area contributed by atoms with Gasteiger partial charge in [0.2, 0.25) is 17.1 Å². The summed E-state index contributed by atoms with van der Waals surface area (Å²) in [5, 5.41) is 48.9. The average Bonchev–Trinajstić information content (AvgIpc) is 3.17. The van der Waals surface area contributed by atoms with Gasteiger partial charge in [0, 0.05) is 48.6 Å². The number of pyridine rings is 1. The molecule has 0 spiro atoms. The SMILES string of the molecule is O=C(COc1cccc([C@](O)(C(=O)O)c2ccccc2)c1)N[C@H]1CC[C@H](C(=O)N2CCC(CNC[C@H](O)c3ccc(O)c4[nH]c(=O)ccc34)CC2)CC1. The number of nitrogens with zero attached hydrogens (tertiary/aromatic N) is 1. The molecule has 1 saturated carbocycles. The molecule has 0 radical (unpaired) electrons. The van der Waals surface area contributed by atoms with E-state index in [9.17, 15) is 39.6 Å². The third-order valence-corrected chi connectivity index (χ3v) is 10.5. The van der Waals surface area contributed by atoms with Gasteiger partial charge < -0.3 is 45.7 Å². The van der Waals surface area contributed by atoms with Crippen LogP contribution in [0.25, 0.3) is 10.9 Å². The quantitative estimate of drug-likeness (QED) is 0.107. The fourth-order valence-corrected chi connectivity index (χ4v) is 7.51. The lowest BCUT2D eigenvalue weighted by atomic mass is 9.84. The molecule has 2 atom stereocenters. The summed E-state index contributed by atoms with van der Waals surface area (Å²) in [4.78, 5) is 54.5. The molecule has 6 rings (SSSR count). The molecule has 2 amide bonds. The van der Waals surface area contributed by atoms with Crippen molar-refractivity contribution in [2.45, 2.75) is 56.3 Å². The molecule has 53 heavy (non-hydrogen) atoms. The van der Waals surface area contributed by atoms with E-state index in [-0.39, 0.29) is 58.6 Å². The van der Waals surface area contributed by atoms with E-state index in [1.807, 2.05) is 4.90 Å². The van der Waals surface area contributed by atoms with Crippen LogP contribution in [0.5, 0.6) is 11.5 Å². The highest BCUT2D eigenvalue weighted by Crippen LogP contribution is 2.33. The van der Waals surface area contributed by atoms with E-state index in [1.54, 1.807) is 42.5 Å². The number of amides is 2. The molecule has 2 heterocycles. The molecule has 1 aliphatic heterocycles. The third kappa shape index (κ3) is 8.70. The second-order valence-electron chi connectivity index (χ2n) is 14.0. The molecule has 13 nitrogen and oxygen atoms in total. The van der Waals surface area contributed by atoms with E-state index < -0.39 is 17.7 Å². The summed E-state index contributed by atoms with van der Waals surface area (Å²) in [6, 6.07) is 20.2. The van der Waals surface area contributed by atoms with Gasteiger partial charge in [0.05, 0.1) is 11.6 Å². The zero-order chi connectivity index (χ0) is 37.5. The number of aliphatic hydroxyl groups is 2. The highest BCUT2D eigenvalue weighted by molar-refractivity contribution is 5.87. The van der Waals surface area contributed by atoms with E-state index in [4.69, 9.17) is 4.74 Å². The van der Waals surface area contributed by atoms with Crippen LogP contribution in [0.15, 0.2) is 83.7 Å². The van der Waals surface area contributed by atoms with Crippen molar-refractivity contribution < 1.29 is 39.5 Å². The van der Waals surface area contributed by atoms with Gasteiger partial charge in [-0.1, -0.05) is 48.5 Å². The number of ether oxygens (including phenoxy) is 1. The minimum atomic E-state index is -2.28. The standard InChI is InChI=1S/C40H46N4O9/c45-33-15-13-31(32-14-16-35(47)43-37(32)33)34(46)23-41-22-25-17-19-44(20-18-25)38(49)26-9-11-29(12-10-26)42-36(48)24-53-30-8-4-7-28(21-30)40(52,39(50)51)27-5-2-1-3-6-27/h1-8,13-16,21,25-26,29,34,41,45-46,52H,9-12,17-20,22-24H2,(H,42,48)(H,43,47)(H,50,51)/t26-,29-,34-,40-/m0/s1. The second kappa shape index (κ2) is 16.6. The number of hydrogen-bond donors (Lipinski definition) is 7. The van der Waals surface area contributed by atoms with Gasteiger partial charge in [0.15, 0.2) is 6.61 Å². The summed E-state index contributed by atoms with van der Waals surface area (Å²) >= 11 is 0. The van der Waals surface area contributed by atoms with Crippen LogP contribution in [0, 0.1) is 11.8 Å². The van der Waals surface area contributed by atoms with Crippen molar-refractivity contribution in [2.24, 2.45) is 11.8 Å². The Hall–Kier alpha value is -5.24. The monoisotopic (exact) mass is 726 g/mol. The first-order valence-corrected chi connectivity index (χ1v) is 18.1. The number of phenolic OH excluding ortho intramolecular Hbond substituents is 1. The second-order valence-corrected chi connectivity index (χ2v) is 14.0. The first kappa shape index (κ1) is 37.5. The number of aliphatic carboxylic acids is 1. The number of aliphatic hydroxyl groups excluding tert-OH is 1. The number of phenols is 1. The predicted molar refractivity (Wildman–Crippen MR) is 196 cm³/mol. The molecule has 1 aliphatic carbocycles. The lowest BCUT2D eigenvalue weighted by Crippen LogP contribution is -2.46. The van der Waals surface area contributed by atoms with E-state index in [0.29, 0.717) is 74.2 Å². The summed E-state index contributed by atoms with van der Waals surface area (Å²) < 4.78 is 5.67. The van der Waals surface area contributed by atoms with Crippen molar-refractivity contribution in [1.29, 1.82) is 0 Å². The first-order chi connectivity index (χ1) is 25.5. The number of H-pyrrole nitrogens is 1. The molecule has 1 aromatic heterocycles. The Kier molecular flexibility index (Phi) is 11.8. The van der Waals surface area contributed by atoms with Gasteiger partial charge in [0.25, 0.3) is 5.91 Å². The van der Waals surface area contributed by atoms with Crippen LogP contribution in [0.2, 0.25) is 0 Å². The van der Waals surface area contributed by atoms with Gasteiger partial charge in [-0.3, -0.25) is 14.4 Å². The fraction of sp³-hybridized carbons (Fsp3) is 0.400. The molecule has 2 aliphatic rings. The van der Waals surface area contributed by atoms with Crippen LogP contribution in [0.3, 0.4) is 0 Å². The number of nitrogens with one attached hydrogen (secondary N) is 3. The number of rotatable bonds is 13. The molecular weight excluding hydrogens is 680 g/mol. The molecule has 2 fully saturated rings. The van der Waals surface area contributed by atoms with Gasteiger partial charge >= 0.3 is 5.97 Å². The lowest BCUT2D eigenvalue weighted by molar-refractivity contribution is -0.155. The molecular formula is C40H46N4O9.